The highest BCUT2D eigenvalue weighted by Gasteiger charge is 2.37. The maximum atomic E-state index is 13.5. The molecule has 0 saturated carbocycles. The van der Waals surface area contributed by atoms with Crippen LogP contribution in [0.4, 0.5) is 10.5 Å². The van der Waals surface area contributed by atoms with Crippen molar-refractivity contribution in [3.8, 4) is 0 Å². The van der Waals surface area contributed by atoms with Crippen LogP contribution in [-0.4, -0.2) is 80.8 Å². The van der Waals surface area contributed by atoms with Gasteiger partial charge in [0.05, 0.1) is 12.2 Å². The summed E-state index contributed by atoms with van der Waals surface area (Å²) in [5.41, 5.74) is -0.109. The molecular weight excluding hydrogens is 556 g/mol. The molecule has 2 aliphatic rings. The van der Waals surface area contributed by atoms with Gasteiger partial charge in [0.1, 0.15) is 11.6 Å². The Kier molecular flexibility index (Phi) is 9.58. The van der Waals surface area contributed by atoms with E-state index in [2.05, 4.69) is 5.32 Å². The van der Waals surface area contributed by atoms with Crippen molar-refractivity contribution in [2.75, 3.05) is 37.0 Å². The number of amides is 3. The predicted molar refractivity (Wildman–Crippen MR) is 155 cm³/mol. The first kappa shape index (κ1) is 30.1. The van der Waals surface area contributed by atoms with Gasteiger partial charge in [0.25, 0.3) is 11.3 Å². The number of anilines is 1. The summed E-state index contributed by atoms with van der Waals surface area (Å²) in [7, 11) is 0. The van der Waals surface area contributed by atoms with Crippen LogP contribution in [0.2, 0.25) is 5.02 Å². The highest BCUT2D eigenvalue weighted by molar-refractivity contribution is 7.80. The van der Waals surface area contributed by atoms with Crippen LogP contribution in [0.3, 0.4) is 0 Å². The zero-order chi connectivity index (χ0) is 29.0. The topological polar surface area (TPSA) is 119 Å². The Labute approximate surface area is 242 Å². The molecule has 0 bridgehead atoms. The number of ether oxygens (including phenoxy) is 1. The Hall–Kier alpha value is -2.89. The molecule has 2 N–H and O–H groups in total. The lowest BCUT2D eigenvalue weighted by atomic mass is 9.96. The number of hydrogen-bond donors (Lipinski definition) is 2. The zero-order valence-electron chi connectivity index (χ0n) is 23.1. The minimum atomic E-state index is -2.44. The molecule has 2 saturated heterocycles. The summed E-state index contributed by atoms with van der Waals surface area (Å²) in [6.45, 7) is 7.35. The Balaban J connectivity index is 1.34. The lowest BCUT2D eigenvalue weighted by Gasteiger charge is -2.38. The van der Waals surface area contributed by atoms with E-state index in [1.54, 1.807) is 35.2 Å². The first-order valence-electron chi connectivity index (χ1n) is 13.5. The molecule has 2 aromatic rings. The molecule has 0 spiro atoms. The molecule has 2 aromatic carbocycles. The van der Waals surface area contributed by atoms with Crippen molar-refractivity contribution >= 4 is 57.2 Å². The molecule has 0 aromatic heterocycles. The minimum Gasteiger partial charge on any atom is -0.444 e. The van der Waals surface area contributed by atoms with Crippen molar-refractivity contribution < 1.29 is 27.9 Å². The molecular formula is C28H37ClN4O6S. The Morgan fingerprint density at radius 2 is 1.77 bits per heavy atom. The monoisotopic (exact) mass is 592 g/mol. The number of likely N-dealkylation sites (tertiary alicyclic amines) is 2. The molecule has 2 fully saturated rings. The van der Waals surface area contributed by atoms with Gasteiger partial charge in [-0.15, -0.1) is 0 Å². The number of halogens is 1. The summed E-state index contributed by atoms with van der Waals surface area (Å²) in [6, 6.07) is 9.78. The molecule has 2 heterocycles. The third kappa shape index (κ3) is 7.64. The van der Waals surface area contributed by atoms with Gasteiger partial charge in [-0.25, -0.2) is 9.00 Å². The fourth-order valence-corrected chi connectivity index (χ4v) is 6.09. The number of benzene rings is 2. The Bertz CT molecular complexity index is 1280. The summed E-state index contributed by atoms with van der Waals surface area (Å²) in [5, 5.41) is 5.10. The number of rotatable bonds is 7. The summed E-state index contributed by atoms with van der Waals surface area (Å²) in [6.07, 6.45) is 2.05. The molecule has 3 amide bonds. The van der Waals surface area contributed by atoms with Gasteiger partial charge < -0.3 is 19.9 Å². The van der Waals surface area contributed by atoms with Crippen LogP contribution in [0.15, 0.2) is 36.4 Å². The molecule has 40 heavy (non-hydrogen) atoms. The first-order valence-corrected chi connectivity index (χ1v) is 15.0. The number of nitrogens with zero attached hydrogens (tertiary/aromatic N) is 3. The normalized spacial score (nSPS) is 19.4. The number of fused-ring (bicyclic) bond motifs is 1. The number of hydrogen-bond acceptors (Lipinski definition) is 5. The summed E-state index contributed by atoms with van der Waals surface area (Å²) in [4.78, 5) is 41.7. The summed E-state index contributed by atoms with van der Waals surface area (Å²) >= 11 is 3.64. The molecule has 0 aliphatic carbocycles. The van der Waals surface area contributed by atoms with Crippen molar-refractivity contribution in [1.29, 1.82) is 0 Å². The smallest absolute Gasteiger partial charge is 0.407 e. The average molecular weight is 593 g/mol. The van der Waals surface area contributed by atoms with Crippen LogP contribution in [0.25, 0.3) is 10.8 Å². The molecule has 2 unspecified atom stereocenters. The van der Waals surface area contributed by atoms with Gasteiger partial charge in [-0.05, 0) is 87.4 Å². The van der Waals surface area contributed by atoms with Crippen LogP contribution in [0, 0.1) is 5.92 Å². The predicted octanol–water partition coefficient (Wildman–Crippen LogP) is 4.19. The fourth-order valence-electron chi connectivity index (χ4n) is 5.21. The van der Waals surface area contributed by atoms with Gasteiger partial charge in [-0.1, -0.05) is 23.7 Å². The van der Waals surface area contributed by atoms with Crippen molar-refractivity contribution in [3.63, 3.8) is 0 Å². The summed E-state index contributed by atoms with van der Waals surface area (Å²) < 4.78 is 29.1. The molecule has 0 radical (unpaired) electrons. The third-order valence-corrected chi connectivity index (χ3v) is 8.26. The fraction of sp³-hybridized carbons (Fsp3) is 0.536. The Morgan fingerprint density at radius 3 is 2.45 bits per heavy atom. The van der Waals surface area contributed by atoms with Gasteiger partial charge in [0.15, 0.2) is 0 Å². The van der Waals surface area contributed by atoms with E-state index >= 15 is 0 Å². The van der Waals surface area contributed by atoms with Crippen molar-refractivity contribution in [2.24, 2.45) is 5.92 Å². The maximum absolute atomic E-state index is 13.5. The standard InChI is InChI=1S/C28H37ClN4O6S/c1-28(2,3)39-27(36)30-17-19-10-13-31(14-11-19)25(34)18-32-12-4-5-24(26(32)35)33(40(37)38)23-9-7-20-15-22(29)8-6-21(20)16-23/h6-9,15-16,19,24H,4-5,10-14,17-18H2,1-3H3,(H,30,36)(H,37,38). The maximum Gasteiger partial charge on any atom is 0.407 e. The number of alkyl carbamates (subject to hydrolysis) is 1. The van der Waals surface area contributed by atoms with Gasteiger partial charge in [-0.3, -0.25) is 18.4 Å². The van der Waals surface area contributed by atoms with E-state index in [9.17, 15) is 23.1 Å². The van der Waals surface area contributed by atoms with E-state index in [-0.39, 0.29) is 24.3 Å². The molecule has 10 nitrogen and oxygen atoms in total. The van der Waals surface area contributed by atoms with E-state index in [4.69, 9.17) is 16.3 Å². The van der Waals surface area contributed by atoms with Crippen LogP contribution >= 0.6 is 11.6 Å². The lowest BCUT2D eigenvalue weighted by Crippen LogP contribution is -2.55. The zero-order valence-corrected chi connectivity index (χ0v) is 24.7. The third-order valence-electron chi connectivity index (χ3n) is 7.22. The van der Waals surface area contributed by atoms with E-state index in [1.807, 2.05) is 26.8 Å². The van der Waals surface area contributed by atoms with Gasteiger partial charge in [-0.2, -0.15) is 0 Å². The number of carbonyl (C=O) groups is 3. The van der Waals surface area contributed by atoms with E-state index in [0.717, 1.165) is 23.6 Å². The van der Waals surface area contributed by atoms with Gasteiger partial charge in [0.2, 0.25) is 11.8 Å². The molecule has 218 valence electrons. The first-order chi connectivity index (χ1) is 18.9. The van der Waals surface area contributed by atoms with Crippen LogP contribution in [0.5, 0.6) is 0 Å². The Morgan fingerprint density at radius 1 is 1.10 bits per heavy atom. The number of carbonyl (C=O) groups excluding carboxylic acids is 3. The second kappa shape index (κ2) is 12.7. The van der Waals surface area contributed by atoms with E-state index < -0.39 is 29.0 Å². The van der Waals surface area contributed by atoms with Crippen LogP contribution < -0.4 is 9.62 Å². The second-order valence-corrected chi connectivity index (χ2v) is 12.6. The van der Waals surface area contributed by atoms with E-state index in [1.165, 1.54) is 9.21 Å². The molecule has 12 heteroatoms. The van der Waals surface area contributed by atoms with Gasteiger partial charge in [0, 0.05) is 31.2 Å². The molecule has 2 aliphatic heterocycles. The van der Waals surface area contributed by atoms with Crippen LogP contribution in [-0.2, 0) is 25.6 Å². The SMILES string of the molecule is CC(C)(C)OC(=O)NCC1CCN(C(=O)CN2CCCC(N(c3ccc4cc(Cl)ccc4c3)S(=O)O)C2=O)CC1. The number of piperidine rings is 2. The van der Waals surface area contributed by atoms with Crippen molar-refractivity contribution in [1.82, 2.24) is 15.1 Å². The highest BCUT2D eigenvalue weighted by atomic mass is 35.5. The van der Waals surface area contributed by atoms with Gasteiger partial charge >= 0.3 is 6.09 Å². The van der Waals surface area contributed by atoms with Crippen LogP contribution in [0.1, 0.15) is 46.5 Å². The quantitative estimate of drug-likeness (QED) is 0.465. The summed E-state index contributed by atoms with van der Waals surface area (Å²) in [5.74, 6) is -0.245. The molecule has 2 atom stereocenters. The largest absolute Gasteiger partial charge is 0.444 e. The van der Waals surface area contributed by atoms with E-state index in [0.29, 0.717) is 49.7 Å². The highest BCUT2D eigenvalue weighted by Crippen LogP contribution is 2.30. The lowest BCUT2D eigenvalue weighted by molar-refractivity contribution is -0.143. The van der Waals surface area contributed by atoms with Crippen molar-refractivity contribution in [3.05, 3.63) is 41.4 Å². The number of nitrogens with one attached hydrogen (secondary N) is 1. The minimum absolute atomic E-state index is 0.0711. The molecule has 4 rings (SSSR count). The second-order valence-electron chi connectivity index (χ2n) is 11.4. The van der Waals surface area contributed by atoms with Crippen molar-refractivity contribution in [2.45, 2.75) is 58.1 Å². The average Bonchev–Trinajstić information content (AvgIpc) is 2.89.